The lowest BCUT2D eigenvalue weighted by atomic mass is 10.1. The number of rotatable bonds is 34. The molecule has 0 unspecified atom stereocenters. The number of carbonyl (C=O) groups is 1. The molecule has 45 heavy (non-hydrogen) atoms. The van der Waals surface area contributed by atoms with Gasteiger partial charge in [-0.05, 0) is 77.0 Å². The summed E-state index contributed by atoms with van der Waals surface area (Å²) in [5.41, 5.74) is 0. The quantitative estimate of drug-likeness (QED) is 0.0307. The number of ether oxygens (including phenoxy) is 2. The van der Waals surface area contributed by atoms with Crippen molar-refractivity contribution < 1.29 is 14.3 Å². The highest BCUT2D eigenvalue weighted by Gasteiger charge is 2.30. The fourth-order valence-corrected chi connectivity index (χ4v) is 5.50. The highest BCUT2D eigenvalue weighted by atomic mass is 16.5. The van der Waals surface area contributed by atoms with E-state index in [2.05, 4.69) is 49.5 Å². The minimum atomic E-state index is -0.125. The van der Waals surface area contributed by atoms with Gasteiger partial charge in [-0.2, -0.15) is 0 Å². The summed E-state index contributed by atoms with van der Waals surface area (Å²) in [4.78, 5) is 10.5. The molecular formula is C42H78O3. The fourth-order valence-electron chi connectivity index (χ4n) is 5.50. The van der Waals surface area contributed by atoms with Gasteiger partial charge in [-0.1, -0.05) is 160 Å². The Morgan fingerprint density at radius 1 is 0.511 bits per heavy atom. The van der Waals surface area contributed by atoms with E-state index in [0.717, 1.165) is 26.1 Å². The van der Waals surface area contributed by atoms with Crippen molar-refractivity contribution in [3.8, 4) is 0 Å². The molecule has 264 valence electrons. The first-order chi connectivity index (χ1) is 22.3. The molecule has 1 aliphatic carbocycles. The summed E-state index contributed by atoms with van der Waals surface area (Å²) in [6.45, 7) is 9.81. The molecule has 0 saturated heterocycles. The minimum absolute atomic E-state index is 0.125. The van der Waals surface area contributed by atoms with E-state index in [1.54, 1.807) is 0 Å². The summed E-state index contributed by atoms with van der Waals surface area (Å²) in [6.07, 6.45) is 51.3. The molecule has 0 aromatic rings. The van der Waals surface area contributed by atoms with Crippen LogP contribution >= 0.6 is 0 Å². The van der Waals surface area contributed by atoms with Crippen LogP contribution in [0.3, 0.4) is 0 Å². The largest absolute Gasteiger partial charge is 0.435 e. The highest BCUT2D eigenvalue weighted by Crippen LogP contribution is 2.29. The van der Waals surface area contributed by atoms with E-state index in [4.69, 9.17) is 4.74 Å². The fraction of sp³-hybridized carbons (Fsp3) is 0.833. The van der Waals surface area contributed by atoms with Gasteiger partial charge >= 0.3 is 5.97 Å². The SMILES string of the molecule is C=COC(=O)C1CC1.CCCCCCCC/C=C\CCCCCCCCOCCCCCCCC/C=C\CCCCCCCC. The van der Waals surface area contributed by atoms with Gasteiger partial charge < -0.3 is 9.47 Å². The molecule has 0 aromatic heterocycles. The van der Waals surface area contributed by atoms with Gasteiger partial charge in [0.1, 0.15) is 0 Å². The van der Waals surface area contributed by atoms with Crippen LogP contribution in [-0.4, -0.2) is 19.2 Å². The summed E-state index contributed by atoms with van der Waals surface area (Å²) in [5, 5.41) is 0. The van der Waals surface area contributed by atoms with Crippen molar-refractivity contribution in [1.29, 1.82) is 0 Å². The molecule has 0 atom stereocenters. The van der Waals surface area contributed by atoms with Gasteiger partial charge in [0.2, 0.25) is 0 Å². The van der Waals surface area contributed by atoms with E-state index in [0.29, 0.717) is 0 Å². The summed E-state index contributed by atoms with van der Waals surface area (Å²) in [7, 11) is 0. The van der Waals surface area contributed by atoms with Gasteiger partial charge in [-0.25, -0.2) is 0 Å². The molecular weight excluding hydrogens is 552 g/mol. The predicted molar refractivity (Wildman–Crippen MR) is 199 cm³/mol. The summed E-state index contributed by atoms with van der Waals surface area (Å²) < 4.78 is 10.3. The number of hydrogen-bond donors (Lipinski definition) is 0. The molecule has 0 bridgehead atoms. The van der Waals surface area contributed by atoms with Crippen molar-refractivity contribution in [3.05, 3.63) is 37.1 Å². The van der Waals surface area contributed by atoms with Gasteiger partial charge in [0.05, 0.1) is 12.2 Å². The second kappa shape index (κ2) is 38.8. The highest BCUT2D eigenvalue weighted by molar-refractivity contribution is 5.75. The Labute approximate surface area is 282 Å². The maximum atomic E-state index is 10.5. The predicted octanol–water partition coefficient (Wildman–Crippen LogP) is 14.2. The first kappa shape index (κ1) is 43.6. The topological polar surface area (TPSA) is 35.5 Å². The van der Waals surface area contributed by atoms with Gasteiger partial charge in [0.15, 0.2) is 0 Å². The van der Waals surface area contributed by atoms with Crippen molar-refractivity contribution in [2.75, 3.05) is 13.2 Å². The summed E-state index contributed by atoms with van der Waals surface area (Å²) >= 11 is 0. The molecule has 0 radical (unpaired) electrons. The monoisotopic (exact) mass is 631 g/mol. The van der Waals surface area contributed by atoms with E-state index < -0.39 is 0 Å². The molecule has 3 nitrogen and oxygen atoms in total. The van der Waals surface area contributed by atoms with Crippen LogP contribution in [-0.2, 0) is 14.3 Å². The Morgan fingerprint density at radius 2 is 0.822 bits per heavy atom. The Kier molecular flexibility index (Phi) is 37.7. The van der Waals surface area contributed by atoms with Crippen LogP contribution in [0.5, 0.6) is 0 Å². The molecule has 0 N–H and O–H groups in total. The van der Waals surface area contributed by atoms with E-state index in [9.17, 15) is 4.79 Å². The van der Waals surface area contributed by atoms with Gasteiger partial charge in [-0.3, -0.25) is 4.79 Å². The summed E-state index contributed by atoms with van der Waals surface area (Å²) in [6, 6.07) is 0. The van der Waals surface area contributed by atoms with Crippen molar-refractivity contribution in [1.82, 2.24) is 0 Å². The Morgan fingerprint density at radius 3 is 1.13 bits per heavy atom. The second-order valence-electron chi connectivity index (χ2n) is 13.4. The van der Waals surface area contributed by atoms with Gasteiger partial charge in [0, 0.05) is 13.2 Å². The first-order valence-corrected chi connectivity index (χ1v) is 19.9. The third kappa shape index (κ3) is 38.7. The molecule has 0 heterocycles. The van der Waals surface area contributed by atoms with E-state index in [-0.39, 0.29) is 11.9 Å². The second-order valence-corrected chi connectivity index (χ2v) is 13.4. The number of carbonyl (C=O) groups excluding carboxylic acids is 1. The minimum Gasteiger partial charge on any atom is -0.435 e. The Balaban J connectivity index is 0.00000208. The van der Waals surface area contributed by atoms with Crippen LogP contribution < -0.4 is 0 Å². The van der Waals surface area contributed by atoms with E-state index >= 15 is 0 Å². The molecule has 1 fully saturated rings. The molecule has 1 aliphatic rings. The van der Waals surface area contributed by atoms with Crippen LogP contribution in [0.1, 0.15) is 206 Å². The zero-order valence-corrected chi connectivity index (χ0v) is 30.5. The molecule has 0 spiro atoms. The average molecular weight is 631 g/mol. The van der Waals surface area contributed by atoms with Crippen LogP contribution in [0.2, 0.25) is 0 Å². The Hall–Kier alpha value is -1.35. The zero-order valence-electron chi connectivity index (χ0n) is 30.5. The number of allylic oxidation sites excluding steroid dienone is 4. The van der Waals surface area contributed by atoms with Crippen LogP contribution in [0.15, 0.2) is 37.1 Å². The number of esters is 1. The summed E-state index contributed by atoms with van der Waals surface area (Å²) in [5.74, 6) is 0.0630. The van der Waals surface area contributed by atoms with Crippen molar-refractivity contribution in [2.45, 2.75) is 206 Å². The normalized spacial score (nSPS) is 12.9. The van der Waals surface area contributed by atoms with E-state index in [1.165, 1.54) is 186 Å². The van der Waals surface area contributed by atoms with Gasteiger partial charge in [-0.15, -0.1) is 0 Å². The zero-order chi connectivity index (χ0) is 32.7. The smallest absolute Gasteiger partial charge is 0.313 e. The van der Waals surface area contributed by atoms with Gasteiger partial charge in [0.25, 0.3) is 0 Å². The third-order valence-corrected chi connectivity index (χ3v) is 8.71. The standard InChI is InChI=1S/C36H70O.C6H8O2/c1-3-5-7-9-11-13-15-17-19-21-23-25-27-29-31-33-35-37-36-34-32-30-28-26-24-22-20-18-16-14-12-10-8-6-4-2;1-2-8-6(7)5-3-4-5/h17-20H,3-16,21-36H2,1-2H3;2,5H,1,3-4H2/b19-17-,20-18-;. The molecule has 3 heteroatoms. The maximum Gasteiger partial charge on any atom is 0.313 e. The molecule has 1 saturated carbocycles. The first-order valence-electron chi connectivity index (χ1n) is 19.9. The lowest BCUT2D eigenvalue weighted by Crippen LogP contribution is -2.00. The lowest BCUT2D eigenvalue weighted by molar-refractivity contribution is -0.139. The maximum absolute atomic E-state index is 10.5. The van der Waals surface area contributed by atoms with Crippen LogP contribution in [0, 0.1) is 5.92 Å². The Bertz CT molecular complexity index is 608. The number of unbranched alkanes of at least 4 members (excludes halogenated alkanes) is 24. The molecule has 1 rings (SSSR count). The number of hydrogen-bond acceptors (Lipinski definition) is 3. The lowest BCUT2D eigenvalue weighted by Gasteiger charge is -2.05. The molecule has 0 amide bonds. The van der Waals surface area contributed by atoms with Crippen molar-refractivity contribution >= 4 is 5.97 Å². The van der Waals surface area contributed by atoms with Crippen molar-refractivity contribution in [3.63, 3.8) is 0 Å². The third-order valence-electron chi connectivity index (χ3n) is 8.71. The van der Waals surface area contributed by atoms with Crippen molar-refractivity contribution in [2.24, 2.45) is 5.92 Å². The van der Waals surface area contributed by atoms with E-state index in [1.807, 2.05) is 0 Å². The molecule has 0 aliphatic heterocycles. The van der Waals surface area contributed by atoms with Crippen LogP contribution in [0.25, 0.3) is 0 Å². The molecule has 0 aromatic carbocycles. The van der Waals surface area contributed by atoms with Crippen LogP contribution in [0.4, 0.5) is 0 Å². The average Bonchev–Trinajstić information content (AvgIpc) is 3.90.